The highest BCUT2D eigenvalue weighted by Crippen LogP contribution is 2.18. The molecule has 2 atom stereocenters. The Balaban J connectivity index is 4.37. The summed E-state index contributed by atoms with van der Waals surface area (Å²) in [6, 6.07) is 0. The summed E-state index contributed by atoms with van der Waals surface area (Å²) in [5, 5.41) is 13.3. The molecule has 0 radical (unpaired) electrons. The highest BCUT2D eigenvalue weighted by Gasteiger charge is 2.27. The predicted octanol–water partition coefficient (Wildman–Crippen LogP) is 2.87. The molecular formula is C9H19N3OSi. The van der Waals surface area contributed by atoms with Gasteiger partial charge in [-0.2, -0.15) is 0 Å². The first kappa shape index (κ1) is 13.2. The fourth-order valence-electron chi connectivity index (χ4n) is 1.18. The molecule has 0 fully saturated rings. The third-order valence-corrected chi connectivity index (χ3v) is 4.48. The first-order valence-electron chi connectivity index (χ1n) is 4.75. The maximum Gasteiger partial charge on any atom is 0.0575 e. The summed E-state index contributed by atoms with van der Waals surface area (Å²) in [7, 11) is -1.51. The standard InChI is InChI=1S/C9H19N3OSi/c1-5-6-8(13)7-9(11-12-10)14(2,3)4/h5,8-9,13H,1,6-7H2,2-4H3/t8-,9-/m0/s1. The van der Waals surface area contributed by atoms with E-state index in [1.54, 1.807) is 6.08 Å². The van der Waals surface area contributed by atoms with Crippen molar-refractivity contribution in [2.45, 2.75) is 44.3 Å². The lowest BCUT2D eigenvalue weighted by molar-refractivity contribution is 0.166. The zero-order valence-electron chi connectivity index (χ0n) is 9.14. The minimum absolute atomic E-state index is 0.0394. The lowest BCUT2D eigenvalue weighted by Gasteiger charge is -2.26. The van der Waals surface area contributed by atoms with E-state index in [4.69, 9.17) is 5.53 Å². The largest absolute Gasteiger partial charge is 0.393 e. The molecule has 0 aromatic rings. The molecule has 0 spiro atoms. The topological polar surface area (TPSA) is 69.0 Å². The second-order valence-electron chi connectivity index (χ2n) is 4.50. The van der Waals surface area contributed by atoms with Crippen LogP contribution in [0.4, 0.5) is 0 Å². The number of rotatable bonds is 6. The molecule has 0 amide bonds. The SMILES string of the molecule is C=CC[C@H](O)C[C@@H](N=[N+]=[N-])[Si](C)(C)C. The fraction of sp³-hybridized carbons (Fsp3) is 0.778. The van der Waals surface area contributed by atoms with Gasteiger partial charge in [-0.05, 0) is 18.4 Å². The van der Waals surface area contributed by atoms with Crippen molar-refractivity contribution >= 4 is 8.07 Å². The summed E-state index contributed by atoms with van der Waals surface area (Å²) in [6.07, 6.45) is 2.35. The van der Waals surface area contributed by atoms with E-state index >= 15 is 0 Å². The van der Waals surface area contributed by atoms with Gasteiger partial charge in [-0.15, -0.1) is 6.58 Å². The summed E-state index contributed by atoms with van der Waals surface area (Å²) in [5.41, 5.74) is 8.38. The van der Waals surface area contributed by atoms with Crippen molar-refractivity contribution in [3.05, 3.63) is 23.1 Å². The number of hydrogen-bond donors (Lipinski definition) is 1. The van der Waals surface area contributed by atoms with Gasteiger partial charge >= 0.3 is 0 Å². The summed E-state index contributed by atoms with van der Waals surface area (Å²) < 4.78 is 0. The van der Waals surface area contributed by atoms with Crippen LogP contribution in [0.25, 0.3) is 10.4 Å². The molecule has 4 nitrogen and oxygen atoms in total. The molecule has 0 aliphatic carbocycles. The average molecular weight is 213 g/mol. The maximum absolute atomic E-state index is 9.58. The summed E-state index contributed by atoms with van der Waals surface area (Å²) in [5.74, 6) is 0. The summed E-state index contributed by atoms with van der Waals surface area (Å²) in [4.78, 5) is 2.84. The number of hydrogen-bond acceptors (Lipinski definition) is 2. The number of aliphatic hydroxyl groups excluding tert-OH is 1. The van der Waals surface area contributed by atoms with Crippen LogP contribution in [0.3, 0.4) is 0 Å². The first-order chi connectivity index (χ1) is 6.41. The lowest BCUT2D eigenvalue weighted by atomic mass is 10.2. The Morgan fingerprint density at radius 2 is 2.14 bits per heavy atom. The molecular weight excluding hydrogens is 194 g/mol. The molecule has 80 valence electrons. The summed E-state index contributed by atoms with van der Waals surface area (Å²) in [6.45, 7) is 9.96. The Bertz CT molecular complexity index is 231. The molecule has 14 heavy (non-hydrogen) atoms. The molecule has 1 N–H and O–H groups in total. The zero-order chi connectivity index (χ0) is 11.2. The highest BCUT2D eigenvalue weighted by atomic mass is 28.3. The van der Waals surface area contributed by atoms with E-state index in [2.05, 4.69) is 36.2 Å². The third-order valence-electron chi connectivity index (χ3n) is 2.12. The van der Waals surface area contributed by atoms with Gasteiger partial charge in [0.15, 0.2) is 0 Å². The maximum atomic E-state index is 9.58. The Labute approximate surface area is 86.3 Å². The first-order valence-corrected chi connectivity index (χ1v) is 8.32. The lowest BCUT2D eigenvalue weighted by Crippen LogP contribution is -2.38. The van der Waals surface area contributed by atoms with E-state index in [0.717, 1.165) is 0 Å². The zero-order valence-corrected chi connectivity index (χ0v) is 10.1. The van der Waals surface area contributed by atoms with Crippen molar-refractivity contribution in [2.75, 3.05) is 0 Å². The van der Waals surface area contributed by atoms with Gasteiger partial charge < -0.3 is 5.11 Å². The normalized spacial score (nSPS) is 15.4. The predicted molar refractivity (Wildman–Crippen MR) is 61.7 cm³/mol. The van der Waals surface area contributed by atoms with Crippen molar-refractivity contribution < 1.29 is 5.11 Å². The molecule has 0 saturated carbocycles. The Hall–Kier alpha value is -0.773. The molecule has 0 saturated heterocycles. The molecule has 0 rings (SSSR count). The minimum Gasteiger partial charge on any atom is -0.393 e. The van der Waals surface area contributed by atoms with Crippen molar-refractivity contribution in [1.29, 1.82) is 0 Å². The van der Waals surface area contributed by atoms with Crippen LogP contribution in [0.5, 0.6) is 0 Å². The number of azide groups is 1. The van der Waals surface area contributed by atoms with Crippen molar-refractivity contribution in [2.24, 2.45) is 5.11 Å². The Morgan fingerprint density at radius 1 is 1.57 bits per heavy atom. The molecule has 0 unspecified atom stereocenters. The van der Waals surface area contributed by atoms with Crippen LogP contribution in [0.2, 0.25) is 19.6 Å². The highest BCUT2D eigenvalue weighted by molar-refractivity contribution is 6.77. The quantitative estimate of drug-likeness (QED) is 0.238. The van der Waals surface area contributed by atoms with Crippen LogP contribution in [-0.2, 0) is 0 Å². The van der Waals surface area contributed by atoms with Gasteiger partial charge in [0, 0.05) is 10.6 Å². The van der Waals surface area contributed by atoms with E-state index in [0.29, 0.717) is 12.8 Å². The van der Waals surface area contributed by atoms with Crippen LogP contribution in [-0.4, -0.2) is 24.9 Å². The van der Waals surface area contributed by atoms with Crippen LogP contribution in [0.15, 0.2) is 17.8 Å². The molecule has 0 aliphatic rings. The van der Waals surface area contributed by atoms with E-state index in [1.165, 1.54) is 0 Å². The van der Waals surface area contributed by atoms with Gasteiger partial charge in [0.2, 0.25) is 0 Å². The van der Waals surface area contributed by atoms with Gasteiger partial charge in [-0.1, -0.05) is 30.8 Å². The van der Waals surface area contributed by atoms with Crippen LogP contribution < -0.4 is 0 Å². The average Bonchev–Trinajstić information content (AvgIpc) is 2.02. The monoisotopic (exact) mass is 213 g/mol. The Morgan fingerprint density at radius 3 is 2.50 bits per heavy atom. The Kier molecular flexibility index (Phi) is 5.53. The van der Waals surface area contributed by atoms with Crippen molar-refractivity contribution in [1.82, 2.24) is 0 Å². The molecule has 0 aromatic heterocycles. The van der Waals surface area contributed by atoms with Crippen LogP contribution in [0, 0.1) is 0 Å². The van der Waals surface area contributed by atoms with Gasteiger partial charge in [-0.3, -0.25) is 0 Å². The van der Waals surface area contributed by atoms with Crippen LogP contribution >= 0.6 is 0 Å². The molecule has 0 aliphatic heterocycles. The molecule has 0 heterocycles. The smallest absolute Gasteiger partial charge is 0.0575 e. The summed E-state index contributed by atoms with van der Waals surface area (Å²) >= 11 is 0. The van der Waals surface area contributed by atoms with Gasteiger partial charge in [-0.25, -0.2) is 0 Å². The van der Waals surface area contributed by atoms with E-state index in [9.17, 15) is 5.11 Å². The van der Waals surface area contributed by atoms with Crippen molar-refractivity contribution in [3.8, 4) is 0 Å². The van der Waals surface area contributed by atoms with Gasteiger partial charge in [0.25, 0.3) is 0 Å². The van der Waals surface area contributed by atoms with Gasteiger partial charge in [0.1, 0.15) is 0 Å². The second kappa shape index (κ2) is 5.85. The number of aliphatic hydroxyl groups is 1. The van der Waals surface area contributed by atoms with Gasteiger partial charge in [0.05, 0.1) is 14.2 Å². The fourth-order valence-corrected chi connectivity index (χ4v) is 2.56. The number of nitrogens with zero attached hydrogens (tertiary/aromatic N) is 3. The second-order valence-corrected chi connectivity index (χ2v) is 9.90. The van der Waals surface area contributed by atoms with Crippen LogP contribution in [0.1, 0.15) is 12.8 Å². The van der Waals surface area contributed by atoms with Crippen molar-refractivity contribution in [3.63, 3.8) is 0 Å². The van der Waals surface area contributed by atoms with E-state index in [1.807, 2.05) is 0 Å². The van der Waals surface area contributed by atoms with E-state index in [-0.39, 0.29) is 5.67 Å². The molecule has 5 heteroatoms. The third kappa shape index (κ3) is 5.06. The molecule has 0 aromatic carbocycles. The molecule has 0 bridgehead atoms. The minimum atomic E-state index is -1.51. The van der Waals surface area contributed by atoms with E-state index < -0.39 is 14.2 Å².